The fraction of sp³-hybridized carbons (Fsp3) is 0.250. The molecule has 0 unspecified atom stereocenters. The molecule has 2 N–H and O–H groups in total. The third-order valence-corrected chi connectivity index (χ3v) is 5.04. The topological polar surface area (TPSA) is 80.3 Å². The molecule has 7 heteroatoms. The summed E-state index contributed by atoms with van der Waals surface area (Å²) in [5.74, 6) is -0.0223. The van der Waals surface area contributed by atoms with Gasteiger partial charge >= 0.3 is 0 Å². The number of hydrogen-bond donors (Lipinski definition) is 2. The molecule has 3 aromatic rings. The predicted octanol–water partition coefficient (Wildman–Crippen LogP) is 3.07. The highest BCUT2D eigenvalue weighted by Crippen LogP contribution is 2.22. The van der Waals surface area contributed by atoms with Gasteiger partial charge in [-0.3, -0.25) is 20.4 Å². The first-order valence-corrected chi connectivity index (χ1v) is 9.45. The molecule has 0 fully saturated rings. The fourth-order valence-corrected chi connectivity index (χ4v) is 3.46. The number of thiazole rings is 1. The molecule has 0 bridgehead atoms. The first kappa shape index (κ1) is 18.8. The van der Waals surface area contributed by atoms with E-state index in [0.717, 1.165) is 26.4 Å². The average molecular weight is 383 g/mol. The predicted molar refractivity (Wildman–Crippen MR) is 106 cm³/mol. The zero-order chi connectivity index (χ0) is 19.2. The third kappa shape index (κ3) is 5.27. The average Bonchev–Trinajstić information content (AvgIpc) is 3.08. The van der Waals surface area contributed by atoms with Gasteiger partial charge in [0.1, 0.15) is 5.75 Å². The van der Waals surface area contributed by atoms with Crippen LogP contribution in [0.4, 0.5) is 0 Å². The van der Waals surface area contributed by atoms with Crippen molar-refractivity contribution in [1.82, 2.24) is 15.8 Å². The number of hydrogen-bond acceptors (Lipinski definition) is 5. The lowest BCUT2D eigenvalue weighted by Gasteiger charge is -2.10. The molecular formula is C20H21N3O3S. The molecular weight excluding hydrogens is 362 g/mol. The number of nitrogens with zero attached hydrogens (tertiary/aromatic N) is 1. The molecule has 0 radical (unpaired) electrons. The van der Waals surface area contributed by atoms with Gasteiger partial charge in [0, 0.05) is 12.8 Å². The Balaban J connectivity index is 1.40. The third-order valence-electron chi connectivity index (χ3n) is 3.95. The highest BCUT2D eigenvalue weighted by molar-refractivity contribution is 7.18. The number of fused-ring (bicyclic) bond motifs is 1. The van der Waals surface area contributed by atoms with E-state index in [2.05, 4.69) is 15.8 Å². The second-order valence-corrected chi connectivity index (χ2v) is 7.34. The van der Waals surface area contributed by atoms with Gasteiger partial charge in [-0.25, -0.2) is 4.98 Å². The van der Waals surface area contributed by atoms with E-state index in [1.165, 1.54) is 0 Å². The van der Waals surface area contributed by atoms with E-state index >= 15 is 0 Å². The first-order valence-electron chi connectivity index (χ1n) is 8.63. The lowest BCUT2D eigenvalue weighted by molar-refractivity contribution is -0.130. The molecule has 6 nitrogen and oxygen atoms in total. The molecule has 27 heavy (non-hydrogen) atoms. The number of aryl methyl sites for hydroxylation is 3. The molecule has 0 saturated carbocycles. The Morgan fingerprint density at radius 1 is 1.07 bits per heavy atom. The Hall–Kier alpha value is -2.93. The van der Waals surface area contributed by atoms with Gasteiger partial charge in [-0.2, -0.15) is 0 Å². The van der Waals surface area contributed by atoms with Crippen LogP contribution in [0.1, 0.15) is 22.6 Å². The van der Waals surface area contributed by atoms with Crippen LogP contribution >= 0.6 is 11.3 Å². The number of rotatable bonds is 6. The Kier molecular flexibility index (Phi) is 6.03. The van der Waals surface area contributed by atoms with E-state index in [0.29, 0.717) is 12.2 Å². The maximum absolute atomic E-state index is 11.9. The summed E-state index contributed by atoms with van der Waals surface area (Å²) < 4.78 is 6.60. The van der Waals surface area contributed by atoms with Gasteiger partial charge in [-0.15, -0.1) is 11.3 Å². The summed E-state index contributed by atoms with van der Waals surface area (Å²) in [6.07, 6.45) is 0.776. The van der Waals surface area contributed by atoms with Crippen molar-refractivity contribution in [2.45, 2.75) is 26.7 Å². The van der Waals surface area contributed by atoms with Crippen LogP contribution in [0, 0.1) is 13.8 Å². The maximum Gasteiger partial charge on any atom is 0.276 e. The summed E-state index contributed by atoms with van der Waals surface area (Å²) in [7, 11) is 0. The van der Waals surface area contributed by atoms with Crippen molar-refractivity contribution < 1.29 is 14.3 Å². The van der Waals surface area contributed by atoms with Crippen molar-refractivity contribution in [2.75, 3.05) is 6.61 Å². The van der Waals surface area contributed by atoms with Gasteiger partial charge in [-0.1, -0.05) is 24.3 Å². The summed E-state index contributed by atoms with van der Waals surface area (Å²) in [4.78, 5) is 28.3. The van der Waals surface area contributed by atoms with Gasteiger partial charge in [0.2, 0.25) is 5.91 Å². The highest BCUT2D eigenvalue weighted by Gasteiger charge is 2.09. The SMILES string of the molecule is Cc1ccc(C)c(OCC(=O)NNC(=O)CCc2nc3ccccc3s2)c1. The summed E-state index contributed by atoms with van der Waals surface area (Å²) in [5.41, 5.74) is 7.72. The Morgan fingerprint density at radius 3 is 2.67 bits per heavy atom. The first-order chi connectivity index (χ1) is 13.0. The summed E-state index contributed by atoms with van der Waals surface area (Å²) in [6, 6.07) is 13.7. The zero-order valence-electron chi connectivity index (χ0n) is 15.2. The van der Waals surface area contributed by atoms with Crippen LogP contribution in [-0.4, -0.2) is 23.4 Å². The lowest BCUT2D eigenvalue weighted by atomic mass is 10.1. The van der Waals surface area contributed by atoms with Gasteiger partial charge in [-0.05, 0) is 43.2 Å². The van der Waals surface area contributed by atoms with Crippen molar-refractivity contribution >= 4 is 33.4 Å². The van der Waals surface area contributed by atoms with Crippen LogP contribution in [-0.2, 0) is 16.0 Å². The van der Waals surface area contributed by atoms with Gasteiger partial charge in [0.25, 0.3) is 5.91 Å². The molecule has 0 aliphatic rings. The molecule has 140 valence electrons. The number of nitrogens with one attached hydrogen (secondary N) is 2. The van der Waals surface area contributed by atoms with Crippen molar-refractivity contribution in [3.8, 4) is 5.75 Å². The highest BCUT2D eigenvalue weighted by atomic mass is 32.1. The Bertz CT molecular complexity index is 935. The second kappa shape index (κ2) is 8.64. The minimum absolute atomic E-state index is 0.164. The lowest BCUT2D eigenvalue weighted by Crippen LogP contribution is -2.43. The number of ether oxygens (including phenoxy) is 1. The quantitative estimate of drug-likeness (QED) is 0.641. The number of carbonyl (C=O) groups is 2. The molecule has 1 aromatic heterocycles. The molecule has 0 saturated heterocycles. The van der Waals surface area contributed by atoms with Crippen LogP contribution in [0.15, 0.2) is 42.5 Å². The molecule has 0 spiro atoms. The van der Waals surface area contributed by atoms with Crippen LogP contribution in [0.25, 0.3) is 10.2 Å². The van der Waals surface area contributed by atoms with Gasteiger partial charge in [0.15, 0.2) is 6.61 Å². The number of benzene rings is 2. The standard InChI is InChI=1S/C20H21N3O3S/c1-13-7-8-14(2)16(11-13)26-12-19(25)23-22-18(24)9-10-20-21-15-5-3-4-6-17(15)27-20/h3-8,11H,9-10,12H2,1-2H3,(H,22,24)(H,23,25). The fourth-order valence-electron chi connectivity index (χ4n) is 2.49. The van der Waals surface area contributed by atoms with Crippen LogP contribution < -0.4 is 15.6 Å². The molecule has 0 aliphatic carbocycles. The van der Waals surface area contributed by atoms with E-state index in [9.17, 15) is 9.59 Å². The number of para-hydroxylation sites is 1. The minimum atomic E-state index is -0.413. The molecule has 0 aliphatic heterocycles. The minimum Gasteiger partial charge on any atom is -0.483 e. The van der Waals surface area contributed by atoms with Gasteiger partial charge < -0.3 is 4.74 Å². The van der Waals surface area contributed by atoms with E-state index < -0.39 is 5.91 Å². The van der Waals surface area contributed by atoms with Crippen LogP contribution in [0.5, 0.6) is 5.75 Å². The Morgan fingerprint density at radius 2 is 1.85 bits per heavy atom. The maximum atomic E-state index is 11.9. The van der Waals surface area contributed by atoms with E-state index in [4.69, 9.17) is 4.74 Å². The molecule has 2 amide bonds. The van der Waals surface area contributed by atoms with Crippen molar-refractivity contribution in [2.24, 2.45) is 0 Å². The second-order valence-electron chi connectivity index (χ2n) is 6.23. The van der Waals surface area contributed by atoms with Crippen molar-refractivity contribution in [1.29, 1.82) is 0 Å². The molecule has 0 atom stereocenters. The number of amides is 2. The number of hydrazine groups is 1. The summed E-state index contributed by atoms with van der Waals surface area (Å²) in [6.45, 7) is 3.71. The smallest absolute Gasteiger partial charge is 0.276 e. The number of aromatic nitrogens is 1. The zero-order valence-corrected chi connectivity index (χ0v) is 16.1. The van der Waals surface area contributed by atoms with Gasteiger partial charge in [0.05, 0.1) is 15.2 Å². The molecule has 3 rings (SSSR count). The molecule has 2 aromatic carbocycles. The van der Waals surface area contributed by atoms with E-state index in [1.807, 2.05) is 56.3 Å². The van der Waals surface area contributed by atoms with Crippen molar-refractivity contribution in [3.63, 3.8) is 0 Å². The Labute approximate surface area is 161 Å². The summed E-state index contributed by atoms with van der Waals surface area (Å²) >= 11 is 1.57. The van der Waals surface area contributed by atoms with Crippen LogP contribution in [0.3, 0.4) is 0 Å². The summed E-state index contributed by atoms with van der Waals surface area (Å²) in [5, 5.41) is 0.899. The van der Waals surface area contributed by atoms with E-state index in [-0.39, 0.29) is 18.9 Å². The normalized spacial score (nSPS) is 10.6. The number of carbonyl (C=O) groups excluding carboxylic acids is 2. The molecule has 1 heterocycles. The largest absolute Gasteiger partial charge is 0.483 e. The van der Waals surface area contributed by atoms with Crippen LogP contribution in [0.2, 0.25) is 0 Å². The van der Waals surface area contributed by atoms with Crippen molar-refractivity contribution in [3.05, 3.63) is 58.6 Å². The monoisotopic (exact) mass is 383 g/mol. The van der Waals surface area contributed by atoms with E-state index in [1.54, 1.807) is 11.3 Å².